The smallest absolute Gasteiger partial charge is 0.108 e. The predicted molar refractivity (Wildman–Crippen MR) is 38.5 cm³/mol. The van der Waals surface area contributed by atoms with Crippen molar-refractivity contribution >= 4 is 5.97 Å². The zero-order chi connectivity index (χ0) is 9.07. The molecule has 0 spiro atoms. The van der Waals surface area contributed by atoms with Crippen LogP contribution < -0.4 is 5.11 Å². The van der Waals surface area contributed by atoms with E-state index in [1.54, 1.807) is 0 Å². The lowest BCUT2D eigenvalue weighted by Gasteiger charge is -2.26. The summed E-state index contributed by atoms with van der Waals surface area (Å²) >= 11 is 0. The van der Waals surface area contributed by atoms with Crippen LogP contribution >= 0.6 is 0 Å². The van der Waals surface area contributed by atoms with Crippen molar-refractivity contribution in [2.75, 3.05) is 27.7 Å². The molecule has 1 atom stereocenters. The molecule has 11 heavy (non-hydrogen) atoms. The molecule has 0 bridgehead atoms. The number of hydrogen-bond donors (Lipinski definition) is 1. The molecular weight excluding hydrogens is 147 g/mol. The Labute approximate surface area is 66.6 Å². The van der Waals surface area contributed by atoms with E-state index in [9.17, 15) is 9.90 Å². The van der Waals surface area contributed by atoms with Crippen molar-refractivity contribution in [3.63, 3.8) is 0 Å². The molecule has 0 radical (unpaired) electrons. The van der Waals surface area contributed by atoms with Crippen molar-refractivity contribution in [1.29, 1.82) is 0 Å². The van der Waals surface area contributed by atoms with Crippen molar-refractivity contribution in [3.8, 4) is 0 Å². The van der Waals surface area contributed by atoms with Crippen LogP contribution in [0.5, 0.6) is 0 Å². The van der Waals surface area contributed by atoms with E-state index in [2.05, 4.69) is 0 Å². The van der Waals surface area contributed by atoms with E-state index in [1.807, 2.05) is 21.1 Å². The molecule has 0 aliphatic rings. The summed E-state index contributed by atoms with van der Waals surface area (Å²) in [6.07, 6.45) is -1.09. The third kappa shape index (κ3) is 7.29. The van der Waals surface area contributed by atoms with Crippen LogP contribution in [0.15, 0.2) is 0 Å². The van der Waals surface area contributed by atoms with Crippen LogP contribution in [0.3, 0.4) is 0 Å². The molecule has 4 nitrogen and oxygen atoms in total. The lowest BCUT2D eigenvalue weighted by Crippen LogP contribution is -2.43. The third-order valence-electron chi connectivity index (χ3n) is 1.16. The Morgan fingerprint density at radius 1 is 1.55 bits per heavy atom. The molecule has 0 amide bonds. The summed E-state index contributed by atoms with van der Waals surface area (Å²) in [7, 11) is 5.66. The maximum absolute atomic E-state index is 10.0. The summed E-state index contributed by atoms with van der Waals surface area (Å²) < 4.78 is 0.550. The number of aliphatic hydroxyl groups is 1. The topological polar surface area (TPSA) is 60.4 Å². The highest BCUT2D eigenvalue weighted by atomic mass is 16.5. The van der Waals surface area contributed by atoms with Crippen LogP contribution in [0.1, 0.15) is 6.42 Å². The van der Waals surface area contributed by atoms with Gasteiger partial charge in [0.25, 0.3) is 0 Å². The minimum absolute atomic E-state index is 0.282. The highest BCUT2D eigenvalue weighted by Gasteiger charge is 2.14. The van der Waals surface area contributed by atoms with Gasteiger partial charge in [0.05, 0.1) is 21.1 Å². The van der Waals surface area contributed by atoms with Gasteiger partial charge >= 0.3 is 0 Å². The molecule has 0 aromatic heterocycles. The van der Waals surface area contributed by atoms with Gasteiger partial charge in [0.2, 0.25) is 0 Å². The van der Waals surface area contributed by atoms with E-state index in [-0.39, 0.29) is 6.42 Å². The monoisotopic (exact) mass is 162 g/mol. The van der Waals surface area contributed by atoms with Crippen LogP contribution in [-0.2, 0) is 4.79 Å². The molecule has 0 aliphatic carbocycles. The predicted octanol–water partition coefficient (Wildman–Crippen LogP) is -1.81. The molecule has 0 unspecified atom stereocenters. The van der Waals surface area contributed by atoms with E-state index < -0.39 is 12.1 Å². The minimum atomic E-state index is -1.20. The Morgan fingerprint density at radius 3 is 2.27 bits per heavy atom. The van der Waals surface area contributed by atoms with E-state index in [4.69, 9.17) is 5.11 Å². The summed E-state index contributed by atoms with van der Waals surface area (Å²) in [5, 5.41) is 19.1. The maximum Gasteiger partial charge on any atom is 0.108 e. The third-order valence-corrected chi connectivity index (χ3v) is 1.16. The van der Waals surface area contributed by atoms with Crippen LogP contribution in [0.2, 0.25) is 0 Å². The van der Waals surface area contributed by atoms with Crippen molar-refractivity contribution in [2.45, 2.75) is 12.5 Å². The number of carbonyl (C=O) groups is 1. The van der Waals surface area contributed by atoms with Crippen molar-refractivity contribution in [1.82, 2.24) is 0 Å². The SMILES string of the molecule is C[N+](C)(C)C[C@H](O)C[13C](=O)[O-]. The van der Waals surface area contributed by atoms with Crippen molar-refractivity contribution in [2.24, 2.45) is 0 Å². The van der Waals surface area contributed by atoms with Gasteiger partial charge in [-0.2, -0.15) is 0 Å². The summed E-state index contributed by atoms with van der Waals surface area (Å²) in [6, 6.07) is 0. The first-order valence-corrected chi connectivity index (χ1v) is 3.49. The average molecular weight is 162 g/mol. The molecule has 0 aromatic carbocycles. The fourth-order valence-corrected chi connectivity index (χ4v) is 0.889. The largest absolute Gasteiger partial charge is 0.550 e. The summed E-state index contributed by atoms with van der Waals surface area (Å²) in [5.41, 5.74) is 0. The average Bonchev–Trinajstić information content (AvgIpc) is 1.53. The van der Waals surface area contributed by atoms with E-state index in [0.29, 0.717) is 11.0 Å². The molecule has 0 aromatic rings. The number of aliphatic hydroxyl groups excluding tert-OH is 1. The standard InChI is InChI=1S/C7H15NO3/c1-8(2,3)5-6(9)4-7(10)11/h6,9H,4-5H2,1-3H3/t6-/m1/s1/i7+1. The normalized spacial score (nSPS) is 14.5. The van der Waals surface area contributed by atoms with E-state index in [1.165, 1.54) is 0 Å². The molecule has 0 saturated carbocycles. The summed E-state index contributed by atoms with van der Waals surface area (Å²) in [5.74, 6) is -1.20. The van der Waals surface area contributed by atoms with Crippen LogP contribution in [-0.4, -0.2) is 49.4 Å². The molecule has 66 valence electrons. The highest BCUT2D eigenvalue weighted by molar-refractivity contribution is 5.64. The van der Waals surface area contributed by atoms with Gasteiger partial charge in [0, 0.05) is 12.4 Å². The van der Waals surface area contributed by atoms with Gasteiger partial charge in [0.1, 0.15) is 12.6 Å². The molecule has 0 saturated heterocycles. The number of carboxylic acid groups (broad SMARTS) is 1. The Kier molecular flexibility index (Phi) is 3.48. The summed E-state index contributed by atoms with van der Waals surface area (Å²) in [6.45, 7) is 0.425. The zero-order valence-electron chi connectivity index (χ0n) is 7.20. The Bertz CT molecular complexity index is 139. The molecule has 0 fully saturated rings. The Morgan fingerprint density at radius 2 is 2.00 bits per heavy atom. The second kappa shape index (κ2) is 3.69. The molecule has 0 rings (SSSR count). The van der Waals surface area contributed by atoms with Gasteiger partial charge in [-0.3, -0.25) is 0 Å². The first-order valence-electron chi connectivity index (χ1n) is 3.49. The highest BCUT2D eigenvalue weighted by Crippen LogP contribution is 1.97. The van der Waals surface area contributed by atoms with E-state index in [0.717, 1.165) is 0 Å². The van der Waals surface area contributed by atoms with Crippen LogP contribution in [0.4, 0.5) is 0 Å². The Hall–Kier alpha value is -0.610. The van der Waals surface area contributed by atoms with Crippen molar-refractivity contribution in [3.05, 3.63) is 0 Å². The Balaban J connectivity index is 3.69. The van der Waals surface area contributed by atoms with E-state index >= 15 is 0 Å². The molecule has 0 heterocycles. The number of carbonyl (C=O) groups excluding carboxylic acids is 1. The number of hydrogen-bond acceptors (Lipinski definition) is 3. The lowest BCUT2D eigenvalue weighted by molar-refractivity contribution is -0.873. The van der Waals surface area contributed by atoms with Gasteiger partial charge in [-0.05, 0) is 0 Å². The van der Waals surface area contributed by atoms with Gasteiger partial charge in [-0.15, -0.1) is 0 Å². The second-order valence-corrected chi connectivity index (χ2v) is 3.70. The zero-order valence-corrected chi connectivity index (χ0v) is 7.20. The summed E-state index contributed by atoms with van der Waals surface area (Å²) in [4.78, 5) is 10.0. The number of carboxylic acids is 1. The number of quaternary nitrogens is 1. The van der Waals surface area contributed by atoms with Gasteiger partial charge in [-0.1, -0.05) is 0 Å². The first kappa shape index (κ1) is 10.4. The number of rotatable bonds is 4. The molecule has 1 N–H and O–H groups in total. The van der Waals surface area contributed by atoms with Crippen molar-refractivity contribution < 1.29 is 19.5 Å². The van der Waals surface area contributed by atoms with Gasteiger partial charge in [-0.25, -0.2) is 0 Å². The molecule has 4 heteroatoms. The van der Waals surface area contributed by atoms with Crippen LogP contribution in [0, 0.1) is 0 Å². The number of likely N-dealkylation sites (N-methyl/N-ethyl adjacent to an activating group) is 1. The number of aliphatic carboxylic acids is 1. The quantitative estimate of drug-likeness (QED) is 0.391. The maximum atomic E-state index is 10.0. The van der Waals surface area contributed by atoms with Crippen LogP contribution in [0.25, 0.3) is 0 Å². The minimum Gasteiger partial charge on any atom is -0.550 e. The number of nitrogens with zero attached hydrogens (tertiary/aromatic N) is 1. The first-order chi connectivity index (χ1) is 4.81. The lowest BCUT2D eigenvalue weighted by atomic mass is 10.3. The van der Waals surface area contributed by atoms with Gasteiger partial charge in [0.15, 0.2) is 0 Å². The molecular formula is C7H15NO3. The second-order valence-electron chi connectivity index (χ2n) is 3.70. The fraction of sp³-hybridized carbons (Fsp3) is 0.857. The fourth-order valence-electron chi connectivity index (χ4n) is 0.889. The van der Waals surface area contributed by atoms with Gasteiger partial charge < -0.3 is 19.5 Å². The molecule has 0 aliphatic heterocycles.